The SMILES string of the molecule is NCC(c1cc(Br)cs1)N1CC2CCCC(C2)C1. The molecule has 2 nitrogen and oxygen atoms in total. The van der Waals surface area contributed by atoms with Gasteiger partial charge in [0.1, 0.15) is 0 Å². The Balaban J connectivity index is 1.75. The zero-order valence-electron chi connectivity index (χ0n) is 10.6. The van der Waals surface area contributed by atoms with E-state index < -0.39 is 0 Å². The lowest BCUT2D eigenvalue weighted by atomic mass is 9.77. The first-order valence-corrected chi connectivity index (χ1v) is 8.61. The van der Waals surface area contributed by atoms with Crippen LogP contribution in [0.25, 0.3) is 0 Å². The van der Waals surface area contributed by atoms with Gasteiger partial charge in [-0.2, -0.15) is 0 Å². The minimum Gasteiger partial charge on any atom is -0.329 e. The van der Waals surface area contributed by atoms with Crippen LogP contribution < -0.4 is 5.73 Å². The van der Waals surface area contributed by atoms with E-state index in [1.54, 1.807) is 0 Å². The molecule has 1 aliphatic carbocycles. The number of thiophene rings is 1. The molecule has 2 heterocycles. The minimum absolute atomic E-state index is 0.435. The quantitative estimate of drug-likeness (QED) is 0.917. The monoisotopic (exact) mass is 328 g/mol. The molecule has 18 heavy (non-hydrogen) atoms. The van der Waals surface area contributed by atoms with Crippen LogP contribution in [0.2, 0.25) is 0 Å². The Kier molecular flexibility index (Phi) is 4.09. The van der Waals surface area contributed by atoms with E-state index in [1.807, 2.05) is 11.3 Å². The van der Waals surface area contributed by atoms with Gasteiger partial charge in [-0.1, -0.05) is 6.42 Å². The molecule has 0 spiro atoms. The van der Waals surface area contributed by atoms with Crippen LogP contribution in [0.1, 0.15) is 36.6 Å². The van der Waals surface area contributed by atoms with E-state index in [4.69, 9.17) is 5.73 Å². The molecule has 2 fully saturated rings. The first-order chi connectivity index (χ1) is 8.76. The lowest BCUT2D eigenvalue weighted by Gasteiger charge is -2.44. The van der Waals surface area contributed by atoms with Gasteiger partial charge < -0.3 is 5.73 Å². The molecule has 100 valence electrons. The summed E-state index contributed by atoms with van der Waals surface area (Å²) in [5.74, 6) is 1.85. The molecule has 4 heteroatoms. The van der Waals surface area contributed by atoms with Gasteiger partial charge in [-0.15, -0.1) is 11.3 Å². The molecule has 3 unspecified atom stereocenters. The second-order valence-corrected chi connectivity index (χ2v) is 7.63. The van der Waals surface area contributed by atoms with Crippen molar-refractivity contribution in [2.75, 3.05) is 19.6 Å². The smallest absolute Gasteiger partial charge is 0.0564 e. The fourth-order valence-corrected chi connectivity index (χ4v) is 5.27. The molecule has 3 atom stereocenters. The van der Waals surface area contributed by atoms with Crippen molar-refractivity contribution in [2.24, 2.45) is 17.6 Å². The summed E-state index contributed by atoms with van der Waals surface area (Å²) in [7, 11) is 0. The third-order valence-corrected chi connectivity index (χ3v) is 6.25. The van der Waals surface area contributed by atoms with Crippen molar-refractivity contribution < 1.29 is 0 Å². The van der Waals surface area contributed by atoms with E-state index in [0.717, 1.165) is 18.4 Å². The van der Waals surface area contributed by atoms with Gasteiger partial charge in [-0.25, -0.2) is 0 Å². The third-order valence-electron chi connectivity index (χ3n) is 4.46. The van der Waals surface area contributed by atoms with Crippen molar-refractivity contribution in [1.29, 1.82) is 0 Å². The number of nitrogens with two attached hydrogens (primary N) is 1. The van der Waals surface area contributed by atoms with E-state index in [2.05, 4.69) is 32.3 Å². The van der Waals surface area contributed by atoms with Gasteiger partial charge in [0.25, 0.3) is 0 Å². The maximum absolute atomic E-state index is 6.04. The highest BCUT2D eigenvalue weighted by Crippen LogP contribution is 2.38. The number of halogens is 1. The number of fused-ring (bicyclic) bond motifs is 2. The molecule has 1 aliphatic heterocycles. The lowest BCUT2D eigenvalue weighted by Crippen LogP contribution is -2.46. The van der Waals surface area contributed by atoms with Crippen LogP contribution in [0.5, 0.6) is 0 Å². The zero-order chi connectivity index (χ0) is 12.5. The van der Waals surface area contributed by atoms with E-state index in [1.165, 1.54) is 48.1 Å². The molecular formula is C14H21BrN2S. The van der Waals surface area contributed by atoms with E-state index in [-0.39, 0.29) is 0 Å². The highest BCUT2D eigenvalue weighted by molar-refractivity contribution is 9.10. The molecule has 0 radical (unpaired) electrons. The summed E-state index contributed by atoms with van der Waals surface area (Å²) >= 11 is 5.39. The highest BCUT2D eigenvalue weighted by Gasteiger charge is 2.34. The first kappa shape index (κ1) is 13.1. The van der Waals surface area contributed by atoms with Gasteiger partial charge in [0.15, 0.2) is 0 Å². The van der Waals surface area contributed by atoms with E-state index in [0.29, 0.717) is 6.04 Å². The Labute approximate surface area is 122 Å². The number of nitrogens with zero attached hydrogens (tertiary/aromatic N) is 1. The van der Waals surface area contributed by atoms with Crippen molar-refractivity contribution in [1.82, 2.24) is 4.90 Å². The summed E-state index contributed by atoms with van der Waals surface area (Å²) in [5, 5.41) is 2.17. The average molecular weight is 329 g/mol. The fraction of sp³-hybridized carbons (Fsp3) is 0.714. The topological polar surface area (TPSA) is 29.3 Å². The van der Waals surface area contributed by atoms with Gasteiger partial charge in [0, 0.05) is 34.4 Å². The lowest BCUT2D eigenvalue weighted by molar-refractivity contribution is 0.0562. The molecule has 1 saturated carbocycles. The molecule has 1 aromatic rings. The summed E-state index contributed by atoms with van der Waals surface area (Å²) in [6.07, 6.45) is 5.76. The zero-order valence-corrected chi connectivity index (χ0v) is 13.0. The van der Waals surface area contributed by atoms with Crippen LogP contribution in [0, 0.1) is 11.8 Å². The van der Waals surface area contributed by atoms with Crippen molar-refractivity contribution >= 4 is 27.3 Å². The van der Waals surface area contributed by atoms with Crippen LogP contribution in [-0.2, 0) is 0 Å². The van der Waals surface area contributed by atoms with Crippen LogP contribution >= 0.6 is 27.3 Å². The first-order valence-electron chi connectivity index (χ1n) is 6.94. The van der Waals surface area contributed by atoms with Gasteiger partial charge in [0.05, 0.1) is 6.04 Å². The maximum atomic E-state index is 6.04. The Bertz CT molecular complexity index is 394. The summed E-state index contributed by atoms with van der Waals surface area (Å²) in [5.41, 5.74) is 6.04. The fourth-order valence-electron chi connectivity index (χ4n) is 3.67. The number of hydrogen-bond donors (Lipinski definition) is 1. The van der Waals surface area contributed by atoms with Crippen molar-refractivity contribution in [3.63, 3.8) is 0 Å². The second-order valence-electron chi connectivity index (χ2n) is 5.77. The van der Waals surface area contributed by atoms with Crippen molar-refractivity contribution in [3.05, 3.63) is 20.8 Å². The van der Waals surface area contributed by atoms with Gasteiger partial charge in [-0.3, -0.25) is 4.90 Å². The van der Waals surface area contributed by atoms with Crippen LogP contribution in [0.4, 0.5) is 0 Å². The normalized spacial score (nSPS) is 30.3. The number of piperidine rings is 1. The molecule has 0 aromatic carbocycles. The van der Waals surface area contributed by atoms with E-state index in [9.17, 15) is 0 Å². The van der Waals surface area contributed by atoms with Crippen molar-refractivity contribution in [3.8, 4) is 0 Å². The van der Waals surface area contributed by atoms with Crippen LogP contribution in [0.15, 0.2) is 15.9 Å². The highest BCUT2D eigenvalue weighted by atomic mass is 79.9. The summed E-state index contributed by atoms with van der Waals surface area (Å²) in [6, 6.07) is 2.68. The van der Waals surface area contributed by atoms with Gasteiger partial charge in [0.2, 0.25) is 0 Å². The second kappa shape index (κ2) is 5.61. The minimum atomic E-state index is 0.435. The molecule has 1 saturated heterocycles. The van der Waals surface area contributed by atoms with Crippen LogP contribution in [0.3, 0.4) is 0 Å². The van der Waals surface area contributed by atoms with Gasteiger partial charge in [-0.05, 0) is 53.1 Å². The summed E-state index contributed by atoms with van der Waals surface area (Å²) in [6.45, 7) is 3.26. The van der Waals surface area contributed by atoms with E-state index >= 15 is 0 Å². The van der Waals surface area contributed by atoms with Crippen LogP contribution in [-0.4, -0.2) is 24.5 Å². The predicted octanol–water partition coefficient (Wildman–Crippen LogP) is 3.63. The molecule has 1 aromatic heterocycles. The maximum Gasteiger partial charge on any atom is 0.0564 e. The van der Waals surface area contributed by atoms with Crippen molar-refractivity contribution in [2.45, 2.75) is 31.7 Å². The number of rotatable bonds is 3. The standard InChI is InChI=1S/C14H21BrN2S/c15-12-5-14(18-9-12)13(6-16)17-7-10-2-1-3-11(4-10)8-17/h5,9-11,13H,1-4,6-8,16H2. The predicted molar refractivity (Wildman–Crippen MR) is 80.8 cm³/mol. The molecular weight excluding hydrogens is 308 g/mol. The average Bonchev–Trinajstić information content (AvgIpc) is 2.76. The number of hydrogen-bond acceptors (Lipinski definition) is 3. The number of likely N-dealkylation sites (tertiary alicyclic amines) is 1. The summed E-state index contributed by atoms with van der Waals surface area (Å²) < 4.78 is 1.19. The molecule has 2 bridgehead atoms. The van der Waals surface area contributed by atoms with Gasteiger partial charge >= 0.3 is 0 Å². The largest absolute Gasteiger partial charge is 0.329 e. The molecule has 3 rings (SSSR count). The Morgan fingerprint density at radius 2 is 2.11 bits per heavy atom. The molecule has 2 N–H and O–H groups in total. The Hall–Kier alpha value is 0.1000. The Morgan fingerprint density at radius 1 is 1.39 bits per heavy atom. The Morgan fingerprint density at radius 3 is 2.67 bits per heavy atom. The summed E-state index contributed by atoms with van der Waals surface area (Å²) in [4.78, 5) is 4.07. The third kappa shape index (κ3) is 2.67. The molecule has 2 aliphatic rings. The molecule has 0 amide bonds.